The van der Waals surface area contributed by atoms with Crippen LogP contribution in [0.4, 0.5) is 0 Å². The molecule has 1 heterocycles. The molecule has 0 aromatic carbocycles. The van der Waals surface area contributed by atoms with Gasteiger partial charge in [-0.05, 0) is 45.4 Å². The summed E-state index contributed by atoms with van der Waals surface area (Å²) in [6, 6.07) is 0. The van der Waals surface area contributed by atoms with E-state index in [0.29, 0.717) is 5.92 Å². The van der Waals surface area contributed by atoms with Crippen LogP contribution in [0.15, 0.2) is 16.6 Å². The second-order valence-electron chi connectivity index (χ2n) is 6.20. The molecule has 0 spiro atoms. The zero-order valence-electron chi connectivity index (χ0n) is 14.1. The monoisotopic (exact) mass is 421 g/mol. The van der Waals surface area contributed by atoms with Crippen molar-refractivity contribution < 1.29 is 4.74 Å². The van der Waals surface area contributed by atoms with Crippen LogP contribution in [0, 0.1) is 5.92 Å². The Morgan fingerprint density at radius 3 is 2.95 bits per heavy atom. The van der Waals surface area contributed by atoms with Gasteiger partial charge in [-0.2, -0.15) is 0 Å². The predicted molar refractivity (Wildman–Crippen MR) is 104 cm³/mol. The van der Waals surface area contributed by atoms with Gasteiger partial charge < -0.3 is 15.0 Å². The minimum atomic E-state index is 0. The van der Waals surface area contributed by atoms with Crippen molar-refractivity contribution in [2.24, 2.45) is 10.9 Å². The molecule has 0 radical (unpaired) electrons. The van der Waals surface area contributed by atoms with Gasteiger partial charge in [-0.25, -0.2) is 0 Å². The van der Waals surface area contributed by atoms with Gasteiger partial charge in [0.05, 0.1) is 6.61 Å². The molecule has 0 aromatic heterocycles. The Morgan fingerprint density at radius 1 is 1.45 bits per heavy atom. The maximum Gasteiger partial charge on any atom is 0.193 e. The van der Waals surface area contributed by atoms with E-state index in [1.54, 1.807) is 5.57 Å². The summed E-state index contributed by atoms with van der Waals surface area (Å²) in [6.45, 7) is 6.81. The zero-order valence-corrected chi connectivity index (χ0v) is 16.5. The molecule has 22 heavy (non-hydrogen) atoms. The SMILES string of the molecule is CCNC(=NCCC1=CCCCC1)N(C)CC1CCOC1.I. The largest absolute Gasteiger partial charge is 0.381 e. The molecule has 1 aliphatic heterocycles. The summed E-state index contributed by atoms with van der Waals surface area (Å²) in [5.74, 6) is 1.70. The summed E-state index contributed by atoms with van der Waals surface area (Å²) >= 11 is 0. The van der Waals surface area contributed by atoms with Crippen LogP contribution >= 0.6 is 24.0 Å². The molecule has 0 saturated carbocycles. The molecule has 1 aliphatic carbocycles. The third-order valence-corrected chi connectivity index (χ3v) is 4.33. The Morgan fingerprint density at radius 2 is 2.32 bits per heavy atom. The summed E-state index contributed by atoms with van der Waals surface area (Å²) in [7, 11) is 2.14. The van der Waals surface area contributed by atoms with Crippen LogP contribution < -0.4 is 5.32 Å². The van der Waals surface area contributed by atoms with Gasteiger partial charge in [-0.15, -0.1) is 24.0 Å². The molecule has 1 atom stereocenters. The average Bonchev–Trinajstić information content (AvgIpc) is 3.00. The highest BCUT2D eigenvalue weighted by Crippen LogP contribution is 2.20. The smallest absolute Gasteiger partial charge is 0.193 e. The number of rotatable bonds is 6. The number of allylic oxidation sites excluding steroid dienone is 1. The number of nitrogens with zero attached hydrogens (tertiary/aromatic N) is 2. The van der Waals surface area contributed by atoms with Gasteiger partial charge in [0.2, 0.25) is 0 Å². The maximum atomic E-state index is 5.46. The molecule has 1 saturated heterocycles. The van der Waals surface area contributed by atoms with Crippen LogP contribution in [0.5, 0.6) is 0 Å². The Kier molecular flexibility index (Phi) is 10.1. The van der Waals surface area contributed by atoms with E-state index < -0.39 is 0 Å². The van der Waals surface area contributed by atoms with Crippen LogP contribution in [-0.4, -0.2) is 50.8 Å². The molecule has 1 fully saturated rings. The summed E-state index contributed by atoms with van der Waals surface area (Å²) in [6.07, 6.45) is 9.98. The van der Waals surface area contributed by atoms with Crippen LogP contribution in [-0.2, 0) is 4.74 Å². The second kappa shape index (κ2) is 11.3. The number of hydrogen-bond donors (Lipinski definition) is 1. The van der Waals surface area contributed by atoms with Crippen LogP contribution in [0.3, 0.4) is 0 Å². The second-order valence-corrected chi connectivity index (χ2v) is 6.20. The van der Waals surface area contributed by atoms with Crippen LogP contribution in [0.25, 0.3) is 0 Å². The molecule has 1 unspecified atom stereocenters. The van der Waals surface area contributed by atoms with E-state index in [0.717, 1.165) is 45.2 Å². The quantitative estimate of drug-likeness (QED) is 0.309. The summed E-state index contributed by atoms with van der Waals surface area (Å²) in [5.41, 5.74) is 1.60. The topological polar surface area (TPSA) is 36.9 Å². The minimum absolute atomic E-state index is 0. The van der Waals surface area contributed by atoms with Gasteiger partial charge in [0.1, 0.15) is 0 Å². The van der Waals surface area contributed by atoms with Crippen molar-refractivity contribution in [1.82, 2.24) is 10.2 Å². The molecule has 2 rings (SSSR count). The molecule has 2 aliphatic rings. The van der Waals surface area contributed by atoms with E-state index in [1.807, 2.05) is 0 Å². The van der Waals surface area contributed by atoms with Crippen LogP contribution in [0.1, 0.15) is 45.4 Å². The molecule has 5 heteroatoms. The number of hydrogen-bond acceptors (Lipinski definition) is 2. The van der Waals surface area contributed by atoms with E-state index in [9.17, 15) is 0 Å². The normalized spacial score (nSPS) is 22.0. The molecular formula is C17H32IN3O. The molecule has 0 bridgehead atoms. The molecule has 4 nitrogen and oxygen atoms in total. The summed E-state index contributed by atoms with van der Waals surface area (Å²) in [5, 5.41) is 3.41. The third-order valence-electron chi connectivity index (χ3n) is 4.33. The highest BCUT2D eigenvalue weighted by atomic mass is 127. The standard InChI is InChI=1S/C17H31N3O.HI/c1-3-18-17(20(2)13-16-10-12-21-14-16)19-11-9-15-7-5-4-6-8-15;/h7,16H,3-6,8-14H2,1-2H3,(H,18,19);1H. The first-order chi connectivity index (χ1) is 10.3. The highest BCUT2D eigenvalue weighted by Gasteiger charge is 2.19. The number of nitrogens with one attached hydrogen (secondary N) is 1. The van der Waals surface area contributed by atoms with Gasteiger partial charge in [0.15, 0.2) is 5.96 Å². The molecule has 0 amide bonds. The van der Waals surface area contributed by atoms with Crippen molar-refractivity contribution in [1.29, 1.82) is 0 Å². The molecule has 128 valence electrons. The van der Waals surface area contributed by atoms with E-state index in [-0.39, 0.29) is 24.0 Å². The van der Waals surface area contributed by atoms with Crippen molar-refractivity contribution in [3.63, 3.8) is 0 Å². The maximum absolute atomic E-state index is 5.46. The fraction of sp³-hybridized carbons (Fsp3) is 0.824. The molecular weight excluding hydrogens is 389 g/mol. The number of guanidine groups is 1. The van der Waals surface area contributed by atoms with Gasteiger partial charge in [0.25, 0.3) is 0 Å². The van der Waals surface area contributed by atoms with E-state index in [2.05, 4.69) is 30.3 Å². The molecule has 0 aromatic rings. The van der Waals surface area contributed by atoms with E-state index in [4.69, 9.17) is 9.73 Å². The van der Waals surface area contributed by atoms with Gasteiger partial charge in [-0.1, -0.05) is 11.6 Å². The van der Waals surface area contributed by atoms with E-state index >= 15 is 0 Å². The first-order valence-corrected chi connectivity index (χ1v) is 8.54. The highest BCUT2D eigenvalue weighted by molar-refractivity contribution is 14.0. The third kappa shape index (κ3) is 6.86. The number of ether oxygens (including phenoxy) is 1. The van der Waals surface area contributed by atoms with Crippen molar-refractivity contribution in [2.45, 2.75) is 45.4 Å². The van der Waals surface area contributed by atoms with Crippen molar-refractivity contribution in [3.8, 4) is 0 Å². The predicted octanol–water partition coefficient (Wildman–Crippen LogP) is 3.43. The zero-order chi connectivity index (χ0) is 14.9. The summed E-state index contributed by atoms with van der Waals surface area (Å²) < 4.78 is 5.46. The minimum Gasteiger partial charge on any atom is -0.381 e. The lowest BCUT2D eigenvalue weighted by molar-refractivity contribution is 0.181. The Labute approximate surface area is 152 Å². The van der Waals surface area contributed by atoms with Crippen molar-refractivity contribution >= 4 is 29.9 Å². The van der Waals surface area contributed by atoms with Gasteiger partial charge >= 0.3 is 0 Å². The summed E-state index contributed by atoms with van der Waals surface area (Å²) in [4.78, 5) is 7.06. The Balaban J connectivity index is 0.00000242. The number of aliphatic imine (C=N–C) groups is 1. The van der Waals surface area contributed by atoms with Crippen LogP contribution in [0.2, 0.25) is 0 Å². The fourth-order valence-corrected chi connectivity index (χ4v) is 3.11. The van der Waals surface area contributed by atoms with E-state index in [1.165, 1.54) is 32.1 Å². The first-order valence-electron chi connectivity index (χ1n) is 8.54. The van der Waals surface area contributed by atoms with Gasteiger partial charge in [0, 0.05) is 39.2 Å². The lowest BCUT2D eigenvalue weighted by Crippen LogP contribution is -2.41. The first kappa shape index (κ1) is 19.7. The molecule has 1 N–H and O–H groups in total. The lowest BCUT2D eigenvalue weighted by atomic mass is 9.97. The lowest BCUT2D eigenvalue weighted by Gasteiger charge is -2.24. The van der Waals surface area contributed by atoms with Crippen molar-refractivity contribution in [3.05, 3.63) is 11.6 Å². The Bertz CT molecular complexity index is 365. The number of halogens is 1. The van der Waals surface area contributed by atoms with Crippen molar-refractivity contribution in [2.75, 3.05) is 39.9 Å². The Hall–Kier alpha value is -0.300. The van der Waals surface area contributed by atoms with Gasteiger partial charge in [-0.3, -0.25) is 4.99 Å². The average molecular weight is 421 g/mol. The fourth-order valence-electron chi connectivity index (χ4n) is 3.11.